The summed E-state index contributed by atoms with van der Waals surface area (Å²) in [4.78, 5) is 4.14. The molecule has 0 radical (unpaired) electrons. The average Bonchev–Trinajstić information content (AvgIpc) is 2.33. The number of benzene rings is 1. The van der Waals surface area contributed by atoms with Crippen LogP contribution in [0.5, 0.6) is 11.6 Å². The SMILES string of the molecule is C[C@@H](O)c1ccc(Oc2ccc(Br)cc2Br)nc1. The number of ether oxygens (including phenoxy) is 1. The minimum absolute atomic E-state index is 0.488. The number of halogens is 2. The van der Waals surface area contributed by atoms with Crippen LogP contribution in [0.2, 0.25) is 0 Å². The Labute approximate surface area is 122 Å². The lowest BCUT2D eigenvalue weighted by Crippen LogP contribution is -1.94. The van der Waals surface area contributed by atoms with E-state index in [1.165, 1.54) is 0 Å². The fourth-order valence-corrected chi connectivity index (χ4v) is 2.50. The van der Waals surface area contributed by atoms with Gasteiger partial charge in [0.25, 0.3) is 0 Å². The lowest BCUT2D eigenvalue weighted by atomic mass is 10.2. The highest BCUT2D eigenvalue weighted by atomic mass is 79.9. The van der Waals surface area contributed by atoms with Gasteiger partial charge in [0.15, 0.2) is 0 Å². The van der Waals surface area contributed by atoms with E-state index in [0.717, 1.165) is 14.5 Å². The lowest BCUT2D eigenvalue weighted by Gasteiger charge is -2.08. The fraction of sp³-hybridized carbons (Fsp3) is 0.154. The van der Waals surface area contributed by atoms with Gasteiger partial charge in [0.2, 0.25) is 5.88 Å². The van der Waals surface area contributed by atoms with Crippen LogP contribution >= 0.6 is 31.9 Å². The van der Waals surface area contributed by atoms with E-state index in [4.69, 9.17) is 4.74 Å². The van der Waals surface area contributed by atoms with E-state index < -0.39 is 6.10 Å². The number of aliphatic hydroxyl groups is 1. The molecule has 0 aliphatic rings. The third kappa shape index (κ3) is 3.31. The molecule has 0 amide bonds. The molecule has 0 fully saturated rings. The smallest absolute Gasteiger partial charge is 0.219 e. The average molecular weight is 373 g/mol. The first-order valence-corrected chi connectivity index (χ1v) is 6.92. The number of hydrogen-bond donors (Lipinski definition) is 1. The van der Waals surface area contributed by atoms with Crippen LogP contribution in [0.1, 0.15) is 18.6 Å². The van der Waals surface area contributed by atoms with Crippen molar-refractivity contribution in [1.82, 2.24) is 4.98 Å². The van der Waals surface area contributed by atoms with E-state index in [-0.39, 0.29) is 0 Å². The van der Waals surface area contributed by atoms with Crippen molar-refractivity contribution in [3.05, 3.63) is 51.0 Å². The van der Waals surface area contributed by atoms with E-state index in [9.17, 15) is 5.11 Å². The highest BCUT2D eigenvalue weighted by Gasteiger charge is 2.06. The second-order valence-corrected chi connectivity index (χ2v) is 5.55. The molecule has 5 heteroatoms. The largest absolute Gasteiger partial charge is 0.438 e. The number of pyridine rings is 1. The topological polar surface area (TPSA) is 42.4 Å². The van der Waals surface area contributed by atoms with Gasteiger partial charge in [-0.2, -0.15) is 0 Å². The predicted octanol–water partition coefficient (Wildman–Crippen LogP) is 4.45. The molecular formula is C13H11Br2NO2. The standard InChI is InChI=1S/C13H11Br2NO2/c1-8(17)9-2-5-13(16-7-9)18-12-4-3-10(14)6-11(12)15/h2-8,17H,1H3/t8-/m1/s1. The second kappa shape index (κ2) is 5.82. The fourth-order valence-electron chi connectivity index (χ4n) is 1.37. The molecule has 1 N–H and O–H groups in total. The van der Waals surface area contributed by atoms with Crippen LogP contribution in [0.15, 0.2) is 45.5 Å². The first-order chi connectivity index (χ1) is 8.56. The maximum Gasteiger partial charge on any atom is 0.219 e. The van der Waals surface area contributed by atoms with E-state index >= 15 is 0 Å². The van der Waals surface area contributed by atoms with E-state index in [0.29, 0.717) is 11.6 Å². The number of nitrogens with zero attached hydrogens (tertiary/aromatic N) is 1. The summed E-state index contributed by atoms with van der Waals surface area (Å²) in [5, 5.41) is 9.39. The highest BCUT2D eigenvalue weighted by molar-refractivity contribution is 9.11. The summed E-state index contributed by atoms with van der Waals surface area (Å²) in [5.74, 6) is 1.18. The highest BCUT2D eigenvalue weighted by Crippen LogP contribution is 2.31. The molecular weight excluding hydrogens is 362 g/mol. The van der Waals surface area contributed by atoms with Crippen LogP contribution in [0.4, 0.5) is 0 Å². The summed E-state index contributed by atoms with van der Waals surface area (Å²) in [7, 11) is 0. The summed E-state index contributed by atoms with van der Waals surface area (Å²) in [6.07, 6.45) is 1.08. The van der Waals surface area contributed by atoms with Crippen molar-refractivity contribution in [2.24, 2.45) is 0 Å². The maximum absolute atomic E-state index is 9.39. The van der Waals surface area contributed by atoms with Crippen molar-refractivity contribution in [1.29, 1.82) is 0 Å². The van der Waals surface area contributed by atoms with Crippen LogP contribution < -0.4 is 4.74 Å². The van der Waals surface area contributed by atoms with Gasteiger partial charge in [-0.1, -0.05) is 15.9 Å². The van der Waals surface area contributed by atoms with Crippen molar-refractivity contribution in [2.45, 2.75) is 13.0 Å². The van der Waals surface area contributed by atoms with Crippen LogP contribution in [0.3, 0.4) is 0 Å². The lowest BCUT2D eigenvalue weighted by molar-refractivity contribution is 0.198. The normalized spacial score (nSPS) is 12.2. The monoisotopic (exact) mass is 371 g/mol. The Bertz CT molecular complexity index is 541. The Morgan fingerprint density at radius 2 is 2.00 bits per heavy atom. The van der Waals surface area contributed by atoms with Crippen molar-refractivity contribution in [3.8, 4) is 11.6 Å². The molecule has 2 aromatic rings. The number of aliphatic hydroxyl groups excluding tert-OH is 1. The molecule has 2 rings (SSSR count). The summed E-state index contributed by atoms with van der Waals surface area (Å²) in [6, 6.07) is 9.17. The Balaban J connectivity index is 2.18. The molecule has 0 saturated heterocycles. The van der Waals surface area contributed by atoms with Gasteiger partial charge in [0.05, 0.1) is 10.6 Å². The molecule has 0 aliphatic heterocycles. The molecule has 94 valence electrons. The summed E-state index contributed by atoms with van der Waals surface area (Å²) in [6.45, 7) is 1.70. The first-order valence-electron chi connectivity index (χ1n) is 5.33. The zero-order valence-corrected chi connectivity index (χ0v) is 12.8. The Morgan fingerprint density at radius 3 is 2.56 bits per heavy atom. The molecule has 0 unspecified atom stereocenters. The molecule has 18 heavy (non-hydrogen) atoms. The zero-order chi connectivity index (χ0) is 13.1. The van der Waals surface area contributed by atoms with E-state index in [1.54, 1.807) is 25.3 Å². The second-order valence-electron chi connectivity index (χ2n) is 3.78. The van der Waals surface area contributed by atoms with E-state index in [2.05, 4.69) is 36.8 Å². The van der Waals surface area contributed by atoms with Gasteiger partial charge in [-0.15, -0.1) is 0 Å². The molecule has 1 aromatic carbocycles. The zero-order valence-electron chi connectivity index (χ0n) is 9.60. The molecule has 0 aliphatic carbocycles. The molecule has 1 atom stereocenters. The Morgan fingerprint density at radius 1 is 1.22 bits per heavy atom. The van der Waals surface area contributed by atoms with Crippen LogP contribution in [-0.2, 0) is 0 Å². The molecule has 1 aromatic heterocycles. The van der Waals surface area contributed by atoms with Crippen LogP contribution in [-0.4, -0.2) is 10.1 Å². The molecule has 0 bridgehead atoms. The van der Waals surface area contributed by atoms with Crippen molar-refractivity contribution >= 4 is 31.9 Å². The molecule has 0 saturated carbocycles. The van der Waals surface area contributed by atoms with Crippen molar-refractivity contribution in [2.75, 3.05) is 0 Å². The summed E-state index contributed by atoms with van der Waals surface area (Å²) in [5.41, 5.74) is 0.761. The van der Waals surface area contributed by atoms with Gasteiger partial charge in [0.1, 0.15) is 5.75 Å². The van der Waals surface area contributed by atoms with Gasteiger partial charge < -0.3 is 9.84 Å². The predicted molar refractivity (Wildman–Crippen MR) is 76.8 cm³/mol. The van der Waals surface area contributed by atoms with Crippen molar-refractivity contribution < 1.29 is 9.84 Å². The summed E-state index contributed by atoms with van der Waals surface area (Å²) < 4.78 is 7.46. The summed E-state index contributed by atoms with van der Waals surface area (Å²) >= 11 is 6.80. The maximum atomic E-state index is 9.39. The quantitative estimate of drug-likeness (QED) is 0.865. The third-order valence-corrected chi connectivity index (χ3v) is 3.46. The molecule has 3 nitrogen and oxygen atoms in total. The Kier molecular flexibility index (Phi) is 4.37. The molecule has 0 spiro atoms. The Hall–Kier alpha value is -0.910. The van der Waals surface area contributed by atoms with Gasteiger partial charge in [-0.05, 0) is 52.7 Å². The van der Waals surface area contributed by atoms with E-state index in [1.807, 2.05) is 18.2 Å². The number of rotatable bonds is 3. The number of hydrogen-bond acceptors (Lipinski definition) is 3. The van der Waals surface area contributed by atoms with Gasteiger partial charge in [-0.3, -0.25) is 0 Å². The van der Waals surface area contributed by atoms with Crippen LogP contribution in [0, 0.1) is 0 Å². The van der Waals surface area contributed by atoms with Crippen LogP contribution in [0.25, 0.3) is 0 Å². The molecule has 1 heterocycles. The third-order valence-electron chi connectivity index (χ3n) is 2.35. The first kappa shape index (κ1) is 13.5. The minimum Gasteiger partial charge on any atom is -0.438 e. The van der Waals surface area contributed by atoms with Gasteiger partial charge in [0, 0.05) is 16.7 Å². The minimum atomic E-state index is -0.522. The van der Waals surface area contributed by atoms with Gasteiger partial charge in [-0.25, -0.2) is 4.98 Å². The number of aromatic nitrogens is 1. The van der Waals surface area contributed by atoms with Gasteiger partial charge >= 0.3 is 0 Å². The van der Waals surface area contributed by atoms with Crippen molar-refractivity contribution in [3.63, 3.8) is 0 Å².